The zero-order valence-corrected chi connectivity index (χ0v) is 9.62. The monoisotopic (exact) mass is 235 g/mol. The summed E-state index contributed by atoms with van der Waals surface area (Å²) in [5.74, 6) is 0.807. The number of aryl methyl sites for hydroxylation is 1. The van der Waals surface area contributed by atoms with E-state index >= 15 is 0 Å². The Morgan fingerprint density at radius 1 is 1.40 bits per heavy atom. The fourth-order valence-corrected chi connectivity index (χ4v) is 2.76. The molecule has 0 bridgehead atoms. The molecular formula is C10H9N3S2. The van der Waals surface area contributed by atoms with Gasteiger partial charge in [0.05, 0.1) is 5.51 Å². The molecule has 15 heavy (non-hydrogen) atoms. The molecular weight excluding hydrogens is 226 g/mol. The lowest BCUT2D eigenvalue weighted by molar-refractivity contribution is 0.899. The second-order valence-electron chi connectivity index (χ2n) is 3.57. The molecule has 1 N–H and O–H groups in total. The lowest BCUT2D eigenvalue weighted by Gasteiger charge is -2.02. The van der Waals surface area contributed by atoms with Crippen LogP contribution in [0.15, 0.2) is 10.9 Å². The Kier molecular flexibility index (Phi) is 2.14. The number of thiazole rings is 1. The smallest absolute Gasteiger partial charge is 0.158 e. The second kappa shape index (κ2) is 3.50. The van der Waals surface area contributed by atoms with Crippen molar-refractivity contribution in [2.45, 2.75) is 19.3 Å². The third-order valence-electron chi connectivity index (χ3n) is 2.63. The summed E-state index contributed by atoms with van der Waals surface area (Å²) in [6.45, 7) is 0. The Balaban J connectivity index is 2.20. The standard InChI is InChI=1S/C10H9N3S2/c14-10-6-2-1-3-7(6)12-9(13-10)8-4-15-5-11-8/h4-5H,1-3H2,(H,12,13,14). The van der Waals surface area contributed by atoms with Crippen molar-refractivity contribution in [1.82, 2.24) is 15.0 Å². The van der Waals surface area contributed by atoms with Crippen molar-refractivity contribution >= 4 is 23.6 Å². The van der Waals surface area contributed by atoms with Crippen molar-refractivity contribution in [2.75, 3.05) is 0 Å². The van der Waals surface area contributed by atoms with Crippen LogP contribution in [-0.4, -0.2) is 15.0 Å². The molecule has 76 valence electrons. The first-order valence-corrected chi connectivity index (χ1v) is 6.20. The molecule has 0 unspecified atom stereocenters. The molecule has 5 heteroatoms. The van der Waals surface area contributed by atoms with Gasteiger partial charge in [-0.25, -0.2) is 9.97 Å². The van der Waals surface area contributed by atoms with Gasteiger partial charge in [-0.1, -0.05) is 12.2 Å². The number of nitrogens with zero attached hydrogens (tertiary/aromatic N) is 2. The molecule has 2 aromatic heterocycles. The fourth-order valence-electron chi connectivity index (χ4n) is 1.91. The van der Waals surface area contributed by atoms with Crippen LogP contribution in [0.25, 0.3) is 11.5 Å². The lowest BCUT2D eigenvalue weighted by Crippen LogP contribution is -1.97. The van der Waals surface area contributed by atoms with Crippen molar-refractivity contribution < 1.29 is 0 Å². The molecule has 0 fully saturated rings. The molecule has 0 saturated heterocycles. The van der Waals surface area contributed by atoms with Crippen molar-refractivity contribution in [2.24, 2.45) is 0 Å². The molecule has 3 nitrogen and oxygen atoms in total. The number of hydrogen-bond donors (Lipinski definition) is 1. The summed E-state index contributed by atoms with van der Waals surface area (Å²) in [6, 6.07) is 0. The van der Waals surface area contributed by atoms with Gasteiger partial charge in [-0.2, -0.15) is 0 Å². The average Bonchev–Trinajstić information content (AvgIpc) is 2.88. The lowest BCUT2D eigenvalue weighted by atomic mass is 10.2. The van der Waals surface area contributed by atoms with E-state index in [4.69, 9.17) is 12.2 Å². The molecule has 0 amide bonds. The molecule has 2 heterocycles. The summed E-state index contributed by atoms with van der Waals surface area (Å²) in [4.78, 5) is 12.0. The van der Waals surface area contributed by atoms with Crippen LogP contribution in [0.3, 0.4) is 0 Å². The number of rotatable bonds is 1. The summed E-state index contributed by atoms with van der Waals surface area (Å²) in [5, 5.41) is 1.98. The number of hydrogen-bond acceptors (Lipinski definition) is 4. The van der Waals surface area contributed by atoms with Crippen LogP contribution in [0.4, 0.5) is 0 Å². The van der Waals surface area contributed by atoms with Gasteiger partial charge in [0.1, 0.15) is 10.3 Å². The molecule has 0 spiro atoms. The van der Waals surface area contributed by atoms with Crippen LogP contribution in [0.2, 0.25) is 0 Å². The topological polar surface area (TPSA) is 41.6 Å². The summed E-state index contributed by atoms with van der Waals surface area (Å²) >= 11 is 6.85. The normalized spacial score (nSPS) is 14.1. The molecule has 0 radical (unpaired) electrons. The van der Waals surface area contributed by atoms with Crippen LogP contribution >= 0.6 is 23.6 Å². The van der Waals surface area contributed by atoms with E-state index < -0.39 is 0 Å². The number of nitrogens with one attached hydrogen (secondary N) is 1. The third kappa shape index (κ3) is 1.52. The van der Waals surface area contributed by atoms with Crippen LogP contribution in [0.5, 0.6) is 0 Å². The Morgan fingerprint density at radius 3 is 3.13 bits per heavy atom. The van der Waals surface area contributed by atoms with Crippen LogP contribution in [0.1, 0.15) is 17.7 Å². The van der Waals surface area contributed by atoms with Crippen LogP contribution < -0.4 is 0 Å². The molecule has 1 aliphatic rings. The van der Waals surface area contributed by atoms with Gasteiger partial charge in [-0.3, -0.25) is 0 Å². The Hall–Kier alpha value is -1.07. The first kappa shape index (κ1) is 9.18. The number of aromatic nitrogens is 3. The van der Waals surface area contributed by atoms with Gasteiger partial charge in [0.2, 0.25) is 0 Å². The number of fused-ring (bicyclic) bond motifs is 1. The van der Waals surface area contributed by atoms with E-state index in [1.54, 1.807) is 16.8 Å². The van der Waals surface area contributed by atoms with Crippen molar-refractivity contribution in [3.63, 3.8) is 0 Å². The van der Waals surface area contributed by atoms with Gasteiger partial charge in [0, 0.05) is 16.6 Å². The molecule has 0 aromatic carbocycles. The highest BCUT2D eigenvalue weighted by Gasteiger charge is 2.15. The second-order valence-corrected chi connectivity index (χ2v) is 4.68. The van der Waals surface area contributed by atoms with Crippen LogP contribution in [0, 0.1) is 4.64 Å². The maximum Gasteiger partial charge on any atom is 0.158 e. The largest absolute Gasteiger partial charge is 0.342 e. The summed E-state index contributed by atoms with van der Waals surface area (Å²) in [5.41, 5.74) is 5.17. The van der Waals surface area contributed by atoms with Gasteiger partial charge in [-0.15, -0.1) is 11.3 Å². The number of H-pyrrole nitrogens is 1. The third-order valence-corrected chi connectivity index (χ3v) is 3.56. The van der Waals surface area contributed by atoms with Crippen molar-refractivity contribution in [1.29, 1.82) is 0 Å². The highest BCUT2D eigenvalue weighted by molar-refractivity contribution is 7.71. The zero-order chi connectivity index (χ0) is 10.3. The fraction of sp³-hybridized carbons (Fsp3) is 0.300. The van der Waals surface area contributed by atoms with E-state index in [9.17, 15) is 0 Å². The minimum Gasteiger partial charge on any atom is -0.342 e. The Morgan fingerprint density at radius 2 is 2.33 bits per heavy atom. The van der Waals surface area contributed by atoms with Crippen molar-refractivity contribution in [3.8, 4) is 11.5 Å². The molecule has 3 rings (SSSR count). The summed E-state index contributed by atoms with van der Waals surface area (Å²) in [7, 11) is 0. The predicted molar refractivity (Wildman–Crippen MR) is 62.6 cm³/mol. The van der Waals surface area contributed by atoms with E-state index in [0.29, 0.717) is 0 Å². The minimum atomic E-state index is 0.740. The molecule has 0 saturated carbocycles. The number of aromatic amines is 1. The maximum atomic E-state index is 5.28. The highest BCUT2D eigenvalue weighted by Crippen LogP contribution is 2.23. The molecule has 2 aromatic rings. The van der Waals surface area contributed by atoms with Crippen LogP contribution in [-0.2, 0) is 12.8 Å². The minimum absolute atomic E-state index is 0.740. The first-order valence-electron chi connectivity index (χ1n) is 4.85. The average molecular weight is 235 g/mol. The molecule has 1 aliphatic carbocycles. The highest BCUT2D eigenvalue weighted by atomic mass is 32.1. The SMILES string of the molecule is S=c1nc(-c2cscn2)[nH]c2c1CCC2. The van der Waals surface area contributed by atoms with Gasteiger partial charge in [-0.05, 0) is 19.3 Å². The summed E-state index contributed by atoms with van der Waals surface area (Å²) in [6.07, 6.45) is 3.32. The zero-order valence-electron chi connectivity index (χ0n) is 7.99. The Bertz CT molecular complexity index is 542. The maximum absolute atomic E-state index is 5.28. The van der Waals surface area contributed by atoms with E-state index in [1.807, 2.05) is 5.38 Å². The van der Waals surface area contributed by atoms with E-state index in [2.05, 4.69) is 15.0 Å². The molecule has 0 atom stereocenters. The van der Waals surface area contributed by atoms with Gasteiger partial charge in [0.15, 0.2) is 5.82 Å². The molecule has 0 aliphatic heterocycles. The first-order chi connectivity index (χ1) is 7.34. The van der Waals surface area contributed by atoms with Gasteiger partial charge in [0.25, 0.3) is 0 Å². The van der Waals surface area contributed by atoms with Gasteiger partial charge < -0.3 is 4.98 Å². The van der Waals surface area contributed by atoms with E-state index in [0.717, 1.165) is 29.0 Å². The predicted octanol–water partition coefficient (Wildman–Crippen LogP) is 2.75. The van der Waals surface area contributed by atoms with Crippen molar-refractivity contribution in [3.05, 3.63) is 26.8 Å². The van der Waals surface area contributed by atoms with E-state index in [1.165, 1.54) is 17.7 Å². The quantitative estimate of drug-likeness (QED) is 0.773. The van der Waals surface area contributed by atoms with Gasteiger partial charge >= 0.3 is 0 Å². The summed E-state index contributed by atoms with van der Waals surface area (Å²) < 4.78 is 0.740. The van der Waals surface area contributed by atoms with E-state index in [-0.39, 0.29) is 0 Å². The Labute approximate surface area is 96.2 Å².